The van der Waals surface area contributed by atoms with E-state index >= 15 is 0 Å². The molecule has 4 atom stereocenters. The van der Waals surface area contributed by atoms with Gasteiger partial charge in [0.05, 0.1) is 17.2 Å². The summed E-state index contributed by atoms with van der Waals surface area (Å²) in [5.41, 5.74) is -3.73. The standard InChI is InChI=1S/C17H14O7/c1-7-17(22,6-18)16(2)15(23-7)11-12(20)8-4-3-5-9(19)10(8)13(21)14(11)24-16/h3-7,15,19,22H,1-2H3. The van der Waals surface area contributed by atoms with Crippen molar-refractivity contribution in [2.45, 2.75) is 37.3 Å². The van der Waals surface area contributed by atoms with Crippen LogP contribution >= 0.6 is 0 Å². The molecule has 7 heteroatoms. The van der Waals surface area contributed by atoms with Gasteiger partial charge in [-0.15, -0.1) is 0 Å². The molecule has 0 radical (unpaired) electrons. The second kappa shape index (κ2) is 4.31. The Kier molecular flexibility index (Phi) is 2.70. The molecule has 124 valence electrons. The number of ketones is 2. The molecule has 3 aliphatic rings. The third kappa shape index (κ3) is 1.42. The maximum absolute atomic E-state index is 12.8. The Hall–Kier alpha value is -2.51. The normalized spacial score (nSPS) is 37.0. The molecule has 24 heavy (non-hydrogen) atoms. The zero-order valence-corrected chi connectivity index (χ0v) is 12.9. The lowest BCUT2D eigenvalue weighted by molar-refractivity contribution is -0.152. The van der Waals surface area contributed by atoms with Crippen LogP contribution in [0.15, 0.2) is 29.5 Å². The Labute approximate surface area is 136 Å². The Morgan fingerprint density at radius 2 is 1.96 bits per heavy atom. The number of Topliss-reactive ketones (excluding diaryl/α,β-unsaturated/α-hetero) is 2. The van der Waals surface area contributed by atoms with Crippen molar-refractivity contribution < 1.29 is 34.1 Å². The van der Waals surface area contributed by atoms with Crippen LogP contribution in [0.2, 0.25) is 0 Å². The highest BCUT2D eigenvalue weighted by Crippen LogP contribution is 2.53. The first kappa shape index (κ1) is 15.0. The fourth-order valence-corrected chi connectivity index (χ4v) is 3.75. The maximum Gasteiger partial charge on any atom is 0.232 e. The number of phenolic OH excluding ortho intramolecular Hbond substituents is 1. The number of fused-ring (bicyclic) bond motifs is 3. The molecule has 1 fully saturated rings. The largest absolute Gasteiger partial charge is 0.507 e. The Morgan fingerprint density at radius 1 is 1.25 bits per heavy atom. The SMILES string of the molecule is CC1OC2C3=C(OC2(C)C1(O)C=O)C(=O)c1c(O)cccc1C3=O. The lowest BCUT2D eigenvalue weighted by Gasteiger charge is -2.34. The number of aldehydes is 1. The number of hydrogen-bond acceptors (Lipinski definition) is 7. The molecule has 4 rings (SSSR count). The summed E-state index contributed by atoms with van der Waals surface area (Å²) < 4.78 is 11.3. The predicted molar refractivity (Wildman–Crippen MR) is 78.6 cm³/mol. The van der Waals surface area contributed by atoms with E-state index in [9.17, 15) is 24.6 Å². The van der Waals surface area contributed by atoms with Crippen LogP contribution in [0.25, 0.3) is 0 Å². The average molecular weight is 330 g/mol. The topological polar surface area (TPSA) is 110 Å². The number of ether oxygens (including phenoxy) is 2. The van der Waals surface area contributed by atoms with Crippen molar-refractivity contribution in [3.63, 3.8) is 0 Å². The molecule has 1 aliphatic carbocycles. The highest BCUT2D eigenvalue weighted by molar-refractivity contribution is 6.28. The predicted octanol–water partition coefficient (Wildman–Crippen LogP) is 0.531. The van der Waals surface area contributed by atoms with Crippen molar-refractivity contribution in [2.75, 3.05) is 0 Å². The van der Waals surface area contributed by atoms with Crippen LogP contribution in [0.4, 0.5) is 0 Å². The number of carbonyl (C=O) groups excluding carboxylic acids is 3. The van der Waals surface area contributed by atoms with Gasteiger partial charge in [0.2, 0.25) is 5.78 Å². The first-order chi connectivity index (χ1) is 11.3. The molecule has 0 bridgehead atoms. The van der Waals surface area contributed by atoms with Crippen molar-refractivity contribution in [1.29, 1.82) is 0 Å². The fourth-order valence-electron chi connectivity index (χ4n) is 3.75. The molecule has 1 aromatic carbocycles. The monoisotopic (exact) mass is 330 g/mol. The number of rotatable bonds is 1. The van der Waals surface area contributed by atoms with E-state index in [4.69, 9.17) is 9.47 Å². The van der Waals surface area contributed by atoms with E-state index in [0.717, 1.165) is 0 Å². The Morgan fingerprint density at radius 3 is 2.62 bits per heavy atom. The molecule has 2 N–H and O–H groups in total. The molecule has 0 saturated carbocycles. The number of phenols is 1. The van der Waals surface area contributed by atoms with E-state index in [0.29, 0.717) is 6.29 Å². The first-order valence-electron chi connectivity index (χ1n) is 7.45. The van der Waals surface area contributed by atoms with Crippen LogP contribution in [0.3, 0.4) is 0 Å². The van der Waals surface area contributed by atoms with Crippen molar-refractivity contribution in [3.8, 4) is 5.75 Å². The summed E-state index contributed by atoms with van der Waals surface area (Å²) >= 11 is 0. The number of aliphatic hydroxyl groups is 1. The molecule has 0 aromatic heterocycles. The molecular weight excluding hydrogens is 316 g/mol. The van der Waals surface area contributed by atoms with Crippen LogP contribution in [0.5, 0.6) is 5.75 Å². The summed E-state index contributed by atoms with van der Waals surface area (Å²) in [6.07, 6.45) is -1.65. The number of allylic oxidation sites excluding steroid dienone is 1. The maximum atomic E-state index is 12.8. The number of aromatic hydroxyl groups is 1. The molecule has 2 heterocycles. The zero-order chi connectivity index (χ0) is 17.4. The van der Waals surface area contributed by atoms with Gasteiger partial charge in [-0.25, -0.2) is 0 Å². The van der Waals surface area contributed by atoms with E-state index in [1.54, 1.807) is 0 Å². The van der Waals surface area contributed by atoms with E-state index in [-0.39, 0.29) is 28.2 Å². The Balaban J connectivity index is 1.91. The summed E-state index contributed by atoms with van der Waals surface area (Å²) in [7, 11) is 0. The highest BCUT2D eigenvalue weighted by Gasteiger charge is 2.71. The van der Waals surface area contributed by atoms with Gasteiger partial charge in [0.25, 0.3) is 0 Å². The van der Waals surface area contributed by atoms with Gasteiger partial charge in [-0.1, -0.05) is 12.1 Å². The molecule has 4 unspecified atom stereocenters. The van der Waals surface area contributed by atoms with Crippen LogP contribution in [0, 0.1) is 0 Å². The van der Waals surface area contributed by atoms with Crippen LogP contribution < -0.4 is 0 Å². The fraction of sp³-hybridized carbons (Fsp3) is 0.353. The molecule has 1 aromatic rings. The number of carbonyl (C=O) groups is 3. The third-order valence-electron chi connectivity index (χ3n) is 5.22. The van der Waals surface area contributed by atoms with Crippen LogP contribution in [-0.2, 0) is 14.3 Å². The van der Waals surface area contributed by atoms with E-state index in [1.165, 1.54) is 32.0 Å². The second-order valence-electron chi connectivity index (χ2n) is 6.41. The van der Waals surface area contributed by atoms with Crippen LogP contribution in [0.1, 0.15) is 34.6 Å². The molecule has 0 amide bonds. The lowest BCUT2D eigenvalue weighted by atomic mass is 9.77. The van der Waals surface area contributed by atoms with Crippen molar-refractivity contribution in [1.82, 2.24) is 0 Å². The molecular formula is C17H14O7. The Bertz CT molecular complexity index is 854. The van der Waals surface area contributed by atoms with Gasteiger partial charge in [0.1, 0.15) is 11.9 Å². The second-order valence-corrected chi connectivity index (χ2v) is 6.41. The van der Waals surface area contributed by atoms with Crippen molar-refractivity contribution in [3.05, 3.63) is 40.7 Å². The van der Waals surface area contributed by atoms with Gasteiger partial charge < -0.3 is 19.7 Å². The summed E-state index contributed by atoms with van der Waals surface area (Å²) in [4.78, 5) is 37.0. The highest BCUT2D eigenvalue weighted by atomic mass is 16.6. The lowest BCUT2D eigenvalue weighted by Crippen LogP contribution is -2.57. The number of benzene rings is 1. The summed E-state index contributed by atoms with van der Waals surface area (Å²) in [6.45, 7) is 2.93. The van der Waals surface area contributed by atoms with E-state index in [1.807, 2.05) is 0 Å². The van der Waals surface area contributed by atoms with E-state index in [2.05, 4.69) is 0 Å². The summed E-state index contributed by atoms with van der Waals surface area (Å²) in [5, 5.41) is 20.6. The average Bonchev–Trinajstić information content (AvgIpc) is 2.95. The molecule has 1 saturated heterocycles. The quantitative estimate of drug-likeness (QED) is 0.723. The van der Waals surface area contributed by atoms with Gasteiger partial charge in [-0.05, 0) is 19.9 Å². The molecule has 2 aliphatic heterocycles. The number of hydrogen-bond donors (Lipinski definition) is 2. The first-order valence-corrected chi connectivity index (χ1v) is 7.45. The minimum atomic E-state index is -2.01. The minimum absolute atomic E-state index is 0.0229. The third-order valence-corrected chi connectivity index (χ3v) is 5.22. The van der Waals surface area contributed by atoms with Gasteiger partial charge in [-0.3, -0.25) is 14.4 Å². The van der Waals surface area contributed by atoms with Gasteiger partial charge in [0, 0.05) is 5.56 Å². The van der Waals surface area contributed by atoms with Crippen molar-refractivity contribution in [2.24, 2.45) is 0 Å². The summed E-state index contributed by atoms with van der Waals surface area (Å²) in [5.74, 6) is -1.80. The molecule has 0 spiro atoms. The molecule has 7 nitrogen and oxygen atoms in total. The van der Waals surface area contributed by atoms with Crippen molar-refractivity contribution >= 4 is 17.9 Å². The van der Waals surface area contributed by atoms with Gasteiger partial charge >= 0.3 is 0 Å². The van der Waals surface area contributed by atoms with E-state index < -0.39 is 35.0 Å². The van der Waals surface area contributed by atoms with Gasteiger partial charge in [0.15, 0.2) is 29.0 Å². The zero-order valence-electron chi connectivity index (χ0n) is 12.9. The smallest absolute Gasteiger partial charge is 0.232 e. The summed E-state index contributed by atoms with van der Waals surface area (Å²) in [6, 6.07) is 4.19. The van der Waals surface area contributed by atoms with Gasteiger partial charge in [-0.2, -0.15) is 0 Å². The minimum Gasteiger partial charge on any atom is -0.507 e. The van der Waals surface area contributed by atoms with Crippen LogP contribution in [-0.4, -0.2) is 51.5 Å².